The number of nitrogens with one attached hydrogen (secondary N) is 1. The maximum atomic E-state index is 13.0. The molecule has 1 aromatic carbocycles. The standard InChI is InChI=1S/C28H25F3N10O/c1-38-18-22(16-33-38)35-26-36-24-4-2-3-23(41(24)37-26)20-15-34-40(17-20)27(9-12-32)10-13-39(14-11-27)25(42)19-5-7-21(8-6-19)28(29,30)31/h2-8,15-18H,9-11,13-14H2,1H3,(H,35,37). The largest absolute Gasteiger partial charge is 0.416 e. The monoisotopic (exact) mass is 574 g/mol. The molecule has 1 saturated heterocycles. The topological polar surface area (TPSA) is 122 Å². The molecule has 0 saturated carbocycles. The second kappa shape index (κ2) is 10.3. The average molecular weight is 575 g/mol. The number of fused-ring (bicyclic) bond motifs is 1. The predicted molar refractivity (Wildman–Crippen MR) is 145 cm³/mol. The molecule has 11 nitrogen and oxygen atoms in total. The summed E-state index contributed by atoms with van der Waals surface area (Å²) >= 11 is 0. The second-order valence-corrected chi connectivity index (χ2v) is 10.2. The highest BCUT2D eigenvalue weighted by molar-refractivity contribution is 5.94. The van der Waals surface area contributed by atoms with Crippen molar-refractivity contribution in [3.8, 4) is 17.3 Å². The molecule has 1 aliphatic rings. The Morgan fingerprint density at radius 2 is 1.83 bits per heavy atom. The van der Waals surface area contributed by atoms with Gasteiger partial charge in [0.05, 0.1) is 47.4 Å². The van der Waals surface area contributed by atoms with Gasteiger partial charge in [0.2, 0.25) is 5.95 Å². The van der Waals surface area contributed by atoms with Gasteiger partial charge in [-0.1, -0.05) is 6.07 Å². The number of amides is 1. The fourth-order valence-corrected chi connectivity index (χ4v) is 5.25. The van der Waals surface area contributed by atoms with Crippen LogP contribution in [0.5, 0.6) is 0 Å². The van der Waals surface area contributed by atoms with E-state index in [-0.39, 0.29) is 17.9 Å². The number of hydrogen-bond donors (Lipinski definition) is 1. The van der Waals surface area contributed by atoms with E-state index in [4.69, 9.17) is 0 Å². The van der Waals surface area contributed by atoms with Crippen LogP contribution in [0.25, 0.3) is 16.9 Å². The van der Waals surface area contributed by atoms with E-state index in [0.717, 1.165) is 29.1 Å². The van der Waals surface area contributed by atoms with Crippen molar-refractivity contribution in [3.63, 3.8) is 0 Å². The van der Waals surface area contributed by atoms with Crippen LogP contribution in [0.2, 0.25) is 0 Å². The summed E-state index contributed by atoms with van der Waals surface area (Å²) in [4.78, 5) is 19.2. The van der Waals surface area contributed by atoms with Gasteiger partial charge in [-0.3, -0.25) is 14.2 Å². The van der Waals surface area contributed by atoms with Crippen LogP contribution < -0.4 is 5.32 Å². The van der Waals surface area contributed by atoms with Gasteiger partial charge in [0, 0.05) is 43.7 Å². The Morgan fingerprint density at radius 3 is 2.50 bits per heavy atom. The number of pyridine rings is 1. The highest BCUT2D eigenvalue weighted by Gasteiger charge is 2.39. The quantitative estimate of drug-likeness (QED) is 0.314. The summed E-state index contributed by atoms with van der Waals surface area (Å²) in [7, 11) is 1.82. The van der Waals surface area contributed by atoms with Gasteiger partial charge in [-0.2, -0.15) is 33.6 Å². The Hall–Kier alpha value is -5.19. The zero-order chi connectivity index (χ0) is 29.5. The third kappa shape index (κ3) is 5.05. The molecule has 42 heavy (non-hydrogen) atoms. The van der Waals surface area contributed by atoms with E-state index in [2.05, 4.69) is 31.7 Å². The summed E-state index contributed by atoms with van der Waals surface area (Å²) in [6.45, 7) is 0.664. The number of likely N-dealkylation sites (tertiary alicyclic amines) is 1. The maximum absolute atomic E-state index is 13.0. The van der Waals surface area contributed by atoms with Crippen molar-refractivity contribution in [2.75, 3.05) is 18.4 Å². The van der Waals surface area contributed by atoms with E-state index in [9.17, 15) is 23.2 Å². The molecule has 0 unspecified atom stereocenters. The number of anilines is 2. The van der Waals surface area contributed by atoms with E-state index in [1.165, 1.54) is 12.1 Å². The average Bonchev–Trinajstić information content (AvgIpc) is 3.73. The fourth-order valence-electron chi connectivity index (χ4n) is 5.25. The van der Waals surface area contributed by atoms with Crippen molar-refractivity contribution in [2.24, 2.45) is 7.05 Å². The van der Waals surface area contributed by atoms with Crippen LogP contribution in [0.1, 0.15) is 35.2 Å². The van der Waals surface area contributed by atoms with Gasteiger partial charge in [-0.15, -0.1) is 5.10 Å². The number of nitriles is 1. The first-order valence-electron chi connectivity index (χ1n) is 13.2. The predicted octanol–water partition coefficient (Wildman–Crippen LogP) is 4.63. The number of carbonyl (C=O) groups is 1. The third-order valence-electron chi connectivity index (χ3n) is 7.53. The number of nitrogens with zero attached hydrogens (tertiary/aromatic N) is 9. The molecule has 0 atom stereocenters. The summed E-state index contributed by atoms with van der Waals surface area (Å²) in [5.41, 5.74) is 1.66. The molecule has 1 N–H and O–H groups in total. The minimum atomic E-state index is -4.47. The van der Waals surface area contributed by atoms with Crippen molar-refractivity contribution in [2.45, 2.75) is 31.0 Å². The van der Waals surface area contributed by atoms with Crippen molar-refractivity contribution >= 4 is 23.2 Å². The lowest BCUT2D eigenvalue weighted by atomic mass is 9.84. The molecule has 5 aromatic rings. The first-order chi connectivity index (χ1) is 20.1. The zero-order valence-corrected chi connectivity index (χ0v) is 22.5. The minimum Gasteiger partial charge on any atom is -0.338 e. The van der Waals surface area contributed by atoms with Crippen LogP contribution in [0.4, 0.5) is 24.8 Å². The van der Waals surface area contributed by atoms with Gasteiger partial charge >= 0.3 is 6.18 Å². The van der Waals surface area contributed by atoms with Crippen LogP contribution in [-0.2, 0) is 18.8 Å². The Morgan fingerprint density at radius 1 is 1.07 bits per heavy atom. The molecule has 1 amide bonds. The Bertz CT molecular complexity index is 1790. The maximum Gasteiger partial charge on any atom is 0.416 e. The van der Waals surface area contributed by atoms with Gasteiger partial charge in [0.25, 0.3) is 5.91 Å². The summed E-state index contributed by atoms with van der Waals surface area (Å²) in [6, 6.07) is 12.1. The number of rotatable bonds is 6. The lowest BCUT2D eigenvalue weighted by Gasteiger charge is -2.40. The number of hydrogen-bond acceptors (Lipinski definition) is 7. The Balaban J connectivity index is 1.21. The number of alkyl halides is 3. The number of aromatic nitrogens is 7. The first kappa shape index (κ1) is 27.0. The lowest BCUT2D eigenvalue weighted by molar-refractivity contribution is -0.137. The van der Waals surface area contributed by atoms with Crippen LogP contribution >= 0.6 is 0 Å². The van der Waals surface area contributed by atoms with Crippen molar-refractivity contribution < 1.29 is 18.0 Å². The van der Waals surface area contributed by atoms with Crippen LogP contribution in [0.15, 0.2) is 67.3 Å². The van der Waals surface area contributed by atoms with Gasteiger partial charge in [0.1, 0.15) is 0 Å². The molecule has 1 aliphatic heterocycles. The number of halogens is 3. The minimum absolute atomic E-state index is 0.184. The summed E-state index contributed by atoms with van der Waals surface area (Å²) in [5.74, 6) is 0.0675. The molecular weight excluding hydrogens is 549 g/mol. The molecule has 14 heteroatoms. The molecule has 1 fully saturated rings. The van der Waals surface area contributed by atoms with E-state index >= 15 is 0 Å². The molecule has 0 spiro atoms. The van der Waals surface area contributed by atoms with E-state index in [1.54, 1.807) is 31.2 Å². The Kier molecular flexibility index (Phi) is 6.64. The van der Waals surface area contributed by atoms with Crippen LogP contribution in [0.3, 0.4) is 0 Å². The van der Waals surface area contributed by atoms with Gasteiger partial charge in [-0.05, 0) is 49.2 Å². The first-order valence-corrected chi connectivity index (χ1v) is 13.2. The smallest absolute Gasteiger partial charge is 0.338 e. The summed E-state index contributed by atoms with van der Waals surface area (Å²) in [6.07, 6.45) is 3.70. The van der Waals surface area contributed by atoms with Crippen molar-refractivity contribution in [3.05, 3.63) is 78.4 Å². The van der Waals surface area contributed by atoms with E-state index in [1.807, 2.05) is 37.6 Å². The number of piperidine rings is 1. The van der Waals surface area contributed by atoms with Gasteiger partial charge in [-0.25, -0.2) is 4.52 Å². The molecule has 4 aromatic heterocycles. The number of aryl methyl sites for hydroxylation is 1. The molecule has 0 radical (unpaired) electrons. The highest BCUT2D eigenvalue weighted by atomic mass is 19.4. The van der Waals surface area contributed by atoms with Gasteiger partial charge in [0.15, 0.2) is 5.65 Å². The molecule has 214 valence electrons. The number of carbonyl (C=O) groups excluding carboxylic acids is 1. The highest BCUT2D eigenvalue weighted by Crippen LogP contribution is 2.35. The van der Waals surface area contributed by atoms with E-state index < -0.39 is 17.3 Å². The molecule has 5 heterocycles. The van der Waals surface area contributed by atoms with Crippen molar-refractivity contribution in [1.82, 2.24) is 39.1 Å². The Labute approximate surface area is 237 Å². The second-order valence-electron chi connectivity index (χ2n) is 10.2. The van der Waals surface area contributed by atoms with Crippen LogP contribution in [-0.4, -0.2) is 58.1 Å². The molecule has 0 aliphatic carbocycles. The SMILES string of the molecule is Cn1cc(Nc2nc3cccc(-c4cnn(C5(CC#N)CCN(C(=O)c6ccc(C(F)(F)F)cc6)CC5)c4)n3n2)cn1. The van der Waals surface area contributed by atoms with Gasteiger partial charge < -0.3 is 10.2 Å². The fraction of sp³-hybridized carbons (Fsp3) is 0.286. The van der Waals surface area contributed by atoms with Crippen molar-refractivity contribution in [1.29, 1.82) is 5.26 Å². The molecule has 0 bridgehead atoms. The zero-order valence-electron chi connectivity index (χ0n) is 22.5. The molecule has 6 rings (SSSR count). The summed E-state index contributed by atoms with van der Waals surface area (Å²) < 4.78 is 43.9. The van der Waals surface area contributed by atoms with E-state index in [0.29, 0.717) is 37.5 Å². The normalized spacial score (nSPS) is 15.1. The summed E-state index contributed by atoms with van der Waals surface area (Å²) in [5, 5.41) is 26.2. The number of benzene rings is 1. The third-order valence-corrected chi connectivity index (χ3v) is 7.53. The lowest BCUT2D eigenvalue weighted by Crippen LogP contribution is -2.48. The van der Waals surface area contributed by atoms with Crippen LogP contribution in [0, 0.1) is 11.3 Å². The molecular formula is C28H25F3N10O.